The maximum absolute atomic E-state index is 12.2. The number of benzene rings is 1. The molecule has 2 N–H and O–H groups in total. The standard InChI is InChI=1S/C18H19N3O3S/c1-2-16(22)20-13-6-4-3-5-12(13)9-17(23)19-10-18-21-14-7-8-24-11-15(14)25-18/h2-6H,1,7-11H2,(H,19,23)(H,20,22). The number of carbonyl (C=O) groups is 2. The van der Waals surface area contributed by atoms with Gasteiger partial charge in [-0.15, -0.1) is 11.3 Å². The van der Waals surface area contributed by atoms with Gasteiger partial charge in [0.25, 0.3) is 0 Å². The molecule has 130 valence electrons. The second kappa shape index (κ2) is 8.04. The van der Waals surface area contributed by atoms with Gasteiger partial charge >= 0.3 is 0 Å². The first kappa shape index (κ1) is 17.3. The number of nitrogens with one attached hydrogen (secondary N) is 2. The number of hydrogen-bond acceptors (Lipinski definition) is 5. The number of amides is 2. The molecule has 3 rings (SSSR count). The quantitative estimate of drug-likeness (QED) is 0.777. The highest BCUT2D eigenvalue weighted by atomic mass is 32.1. The van der Waals surface area contributed by atoms with E-state index in [4.69, 9.17) is 4.74 Å². The molecule has 1 aliphatic heterocycles. The summed E-state index contributed by atoms with van der Waals surface area (Å²) >= 11 is 1.58. The van der Waals surface area contributed by atoms with Crippen LogP contribution in [0.1, 0.15) is 21.1 Å². The second-order valence-electron chi connectivity index (χ2n) is 5.58. The summed E-state index contributed by atoms with van der Waals surface area (Å²) in [5, 5.41) is 6.48. The Bertz CT molecular complexity index is 777. The first-order valence-electron chi connectivity index (χ1n) is 7.99. The molecule has 0 aliphatic carbocycles. The highest BCUT2D eigenvalue weighted by Gasteiger charge is 2.16. The lowest BCUT2D eigenvalue weighted by Crippen LogP contribution is -2.25. The molecule has 7 heteroatoms. The highest BCUT2D eigenvalue weighted by molar-refractivity contribution is 7.11. The van der Waals surface area contributed by atoms with E-state index in [1.807, 2.05) is 18.2 Å². The van der Waals surface area contributed by atoms with Crippen LogP contribution in [0.25, 0.3) is 0 Å². The number of fused-ring (bicyclic) bond motifs is 1. The Kier molecular flexibility index (Phi) is 5.57. The summed E-state index contributed by atoms with van der Waals surface area (Å²) in [6.07, 6.45) is 2.21. The number of anilines is 1. The molecule has 0 saturated heterocycles. The molecule has 1 aromatic carbocycles. The van der Waals surface area contributed by atoms with Crippen molar-refractivity contribution >= 4 is 28.8 Å². The van der Waals surface area contributed by atoms with Crippen molar-refractivity contribution < 1.29 is 14.3 Å². The van der Waals surface area contributed by atoms with Crippen molar-refractivity contribution in [1.29, 1.82) is 0 Å². The van der Waals surface area contributed by atoms with Crippen LogP contribution in [-0.2, 0) is 40.3 Å². The molecule has 0 unspecified atom stereocenters. The van der Waals surface area contributed by atoms with Crippen molar-refractivity contribution in [1.82, 2.24) is 10.3 Å². The zero-order chi connectivity index (χ0) is 17.6. The van der Waals surface area contributed by atoms with Crippen molar-refractivity contribution in [3.8, 4) is 0 Å². The number of aromatic nitrogens is 1. The number of nitrogens with zero attached hydrogens (tertiary/aromatic N) is 1. The average Bonchev–Trinajstić information content (AvgIpc) is 3.04. The largest absolute Gasteiger partial charge is 0.375 e. The number of para-hydroxylation sites is 1. The van der Waals surface area contributed by atoms with Gasteiger partial charge in [0.1, 0.15) is 5.01 Å². The van der Waals surface area contributed by atoms with Crippen molar-refractivity contribution in [2.75, 3.05) is 11.9 Å². The molecule has 6 nitrogen and oxygen atoms in total. The van der Waals surface area contributed by atoms with Crippen LogP contribution in [0.4, 0.5) is 5.69 Å². The molecule has 1 aromatic heterocycles. The Labute approximate surface area is 149 Å². The molecule has 2 heterocycles. The van der Waals surface area contributed by atoms with E-state index in [-0.39, 0.29) is 18.2 Å². The Morgan fingerprint density at radius 2 is 2.20 bits per heavy atom. The summed E-state index contributed by atoms with van der Waals surface area (Å²) in [6.45, 7) is 5.14. The van der Waals surface area contributed by atoms with E-state index in [2.05, 4.69) is 22.2 Å². The summed E-state index contributed by atoms with van der Waals surface area (Å²) < 4.78 is 5.41. The molecular weight excluding hydrogens is 338 g/mol. The van der Waals surface area contributed by atoms with E-state index in [1.165, 1.54) is 6.08 Å². The van der Waals surface area contributed by atoms with Gasteiger partial charge in [-0.1, -0.05) is 24.8 Å². The minimum Gasteiger partial charge on any atom is -0.375 e. The third-order valence-electron chi connectivity index (χ3n) is 3.79. The van der Waals surface area contributed by atoms with Crippen LogP contribution >= 0.6 is 11.3 Å². The number of carbonyl (C=O) groups excluding carboxylic acids is 2. The predicted octanol–water partition coefficient (Wildman–Crippen LogP) is 2.20. The van der Waals surface area contributed by atoms with Crippen LogP contribution in [-0.4, -0.2) is 23.4 Å². The van der Waals surface area contributed by atoms with E-state index in [0.717, 1.165) is 27.6 Å². The summed E-state index contributed by atoms with van der Waals surface area (Å²) in [6, 6.07) is 7.22. The zero-order valence-electron chi connectivity index (χ0n) is 13.7. The van der Waals surface area contributed by atoms with Gasteiger partial charge in [-0.2, -0.15) is 0 Å². The van der Waals surface area contributed by atoms with Gasteiger partial charge < -0.3 is 15.4 Å². The van der Waals surface area contributed by atoms with Crippen LogP contribution in [0, 0.1) is 0 Å². The second-order valence-corrected chi connectivity index (χ2v) is 6.75. The van der Waals surface area contributed by atoms with Gasteiger partial charge in [-0.05, 0) is 17.7 Å². The molecule has 0 saturated carbocycles. The van der Waals surface area contributed by atoms with E-state index in [9.17, 15) is 9.59 Å². The monoisotopic (exact) mass is 357 g/mol. The zero-order valence-corrected chi connectivity index (χ0v) is 14.5. The van der Waals surface area contributed by atoms with Crippen LogP contribution in [0.2, 0.25) is 0 Å². The van der Waals surface area contributed by atoms with Gasteiger partial charge in [0, 0.05) is 12.1 Å². The molecule has 0 atom stereocenters. The maximum atomic E-state index is 12.2. The number of hydrogen-bond donors (Lipinski definition) is 2. The van der Waals surface area contributed by atoms with E-state index < -0.39 is 0 Å². The molecule has 1 aliphatic rings. The smallest absolute Gasteiger partial charge is 0.247 e. The van der Waals surface area contributed by atoms with Crippen molar-refractivity contribution in [3.05, 3.63) is 58.1 Å². The van der Waals surface area contributed by atoms with Crippen LogP contribution < -0.4 is 10.6 Å². The van der Waals surface area contributed by atoms with E-state index in [1.54, 1.807) is 17.4 Å². The fraction of sp³-hybridized carbons (Fsp3) is 0.278. The molecule has 0 fully saturated rings. The molecule has 0 radical (unpaired) electrons. The van der Waals surface area contributed by atoms with Crippen LogP contribution in [0.5, 0.6) is 0 Å². The minimum atomic E-state index is -0.302. The predicted molar refractivity (Wildman–Crippen MR) is 96.3 cm³/mol. The van der Waals surface area contributed by atoms with E-state index in [0.29, 0.717) is 25.4 Å². The lowest BCUT2D eigenvalue weighted by atomic mass is 10.1. The van der Waals surface area contributed by atoms with Crippen molar-refractivity contribution in [3.63, 3.8) is 0 Å². The van der Waals surface area contributed by atoms with E-state index >= 15 is 0 Å². The Balaban J connectivity index is 1.58. The maximum Gasteiger partial charge on any atom is 0.247 e. The summed E-state index contributed by atoms with van der Waals surface area (Å²) in [5.41, 5.74) is 2.45. The summed E-state index contributed by atoms with van der Waals surface area (Å²) in [4.78, 5) is 29.4. The van der Waals surface area contributed by atoms with Crippen molar-refractivity contribution in [2.45, 2.75) is 26.0 Å². The van der Waals surface area contributed by atoms with Crippen LogP contribution in [0.15, 0.2) is 36.9 Å². The Morgan fingerprint density at radius 1 is 1.36 bits per heavy atom. The topological polar surface area (TPSA) is 80.3 Å². The summed E-state index contributed by atoms with van der Waals surface area (Å²) in [5.74, 6) is -0.423. The number of rotatable bonds is 6. The van der Waals surface area contributed by atoms with Gasteiger partial charge in [0.15, 0.2) is 0 Å². The van der Waals surface area contributed by atoms with Gasteiger partial charge in [-0.25, -0.2) is 4.98 Å². The fourth-order valence-electron chi connectivity index (χ4n) is 2.54. The molecule has 25 heavy (non-hydrogen) atoms. The molecule has 0 spiro atoms. The van der Waals surface area contributed by atoms with Gasteiger partial charge in [-0.3, -0.25) is 9.59 Å². The Morgan fingerprint density at radius 3 is 3.00 bits per heavy atom. The number of thiazole rings is 1. The average molecular weight is 357 g/mol. The third-order valence-corrected chi connectivity index (χ3v) is 4.86. The highest BCUT2D eigenvalue weighted by Crippen LogP contribution is 2.23. The number of ether oxygens (including phenoxy) is 1. The first-order valence-corrected chi connectivity index (χ1v) is 8.80. The third kappa shape index (κ3) is 4.52. The van der Waals surface area contributed by atoms with Crippen molar-refractivity contribution in [2.24, 2.45) is 0 Å². The molecule has 2 aromatic rings. The Hall–Kier alpha value is -2.51. The molecular formula is C18H19N3O3S. The van der Waals surface area contributed by atoms with Crippen LogP contribution in [0.3, 0.4) is 0 Å². The molecule has 2 amide bonds. The summed E-state index contributed by atoms with van der Waals surface area (Å²) in [7, 11) is 0. The normalized spacial score (nSPS) is 13.0. The molecule has 0 bridgehead atoms. The SMILES string of the molecule is C=CC(=O)Nc1ccccc1CC(=O)NCc1nc2c(s1)COCC2. The lowest BCUT2D eigenvalue weighted by molar-refractivity contribution is -0.120. The fourth-order valence-corrected chi connectivity index (χ4v) is 3.54. The van der Waals surface area contributed by atoms with Gasteiger partial charge in [0.05, 0.1) is 36.8 Å². The first-order chi connectivity index (χ1) is 12.2. The van der Waals surface area contributed by atoms with Gasteiger partial charge in [0.2, 0.25) is 11.8 Å². The minimum absolute atomic E-state index is 0.121. The lowest BCUT2D eigenvalue weighted by Gasteiger charge is -2.09.